The topological polar surface area (TPSA) is 70.2 Å². The van der Waals surface area contributed by atoms with Crippen LogP contribution >= 0.6 is 12.4 Å². The summed E-state index contributed by atoms with van der Waals surface area (Å²) in [5.74, 6) is -0.0547. The minimum Gasteiger partial charge on any atom is -0.326 e. The third-order valence-corrected chi connectivity index (χ3v) is 3.57. The Hall–Kier alpha value is -1.59. The van der Waals surface area contributed by atoms with E-state index >= 15 is 0 Å². The Balaban J connectivity index is 0.00000220. The van der Waals surface area contributed by atoms with Gasteiger partial charge in [0.15, 0.2) is 0 Å². The molecule has 1 aliphatic rings. The first-order chi connectivity index (χ1) is 9.58. The third kappa shape index (κ3) is 4.72. The van der Waals surface area contributed by atoms with Crippen molar-refractivity contribution in [2.45, 2.75) is 26.7 Å². The fourth-order valence-electron chi connectivity index (χ4n) is 2.41. The Morgan fingerprint density at radius 1 is 1.24 bits per heavy atom. The van der Waals surface area contributed by atoms with E-state index < -0.39 is 0 Å². The number of benzene rings is 1. The smallest absolute Gasteiger partial charge is 0.228 e. The Labute approximate surface area is 131 Å². The summed E-state index contributed by atoms with van der Waals surface area (Å²) >= 11 is 0. The molecule has 6 heteroatoms. The molecule has 1 fully saturated rings. The van der Waals surface area contributed by atoms with Crippen LogP contribution in [0.5, 0.6) is 0 Å². The van der Waals surface area contributed by atoms with Crippen molar-refractivity contribution in [3.8, 4) is 0 Å². The van der Waals surface area contributed by atoms with Gasteiger partial charge in [0.2, 0.25) is 11.8 Å². The Morgan fingerprint density at radius 3 is 2.48 bits per heavy atom. The summed E-state index contributed by atoms with van der Waals surface area (Å²) in [7, 11) is 0. The lowest BCUT2D eigenvalue weighted by Crippen LogP contribution is -2.37. The summed E-state index contributed by atoms with van der Waals surface area (Å²) in [5.41, 5.74) is 2.36. The Kier molecular flexibility index (Phi) is 6.65. The van der Waals surface area contributed by atoms with E-state index in [1.165, 1.54) is 6.92 Å². The first kappa shape index (κ1) is 17.5. The van der Waals surface area contributed by atoms with Crippen LogP contribution in [0.1, 0.15) is 25.3 Å². The molecule has 3 N–H and O–H groups in total. The average Bonchev–Trinajstić information content (AvgIpc) is 2.43. The minimum absolute atomic E-state index is 0. The van der Waals surface area contributed by atoms with Crippen molar-refractivity contribution in [1.82, 2.24) is 5.32 Å². The summed E-state index contributed by atoms with van der Waals surface area (Å²) in [6, 6.07) is 5.51. The third-order valence-electron chi connectivity index (χ3n) is 3.57. The number of rotatable bonds is 3. The monoisotopic (exact) mass is 311 g/mol. The molecule has 1 unspecified atom stereocenters. The zero-order chi connectivity index (χ0) is 14.5. The molecule has 1 aliphatic heterocycles. The van der Waals surface area contributed by atoms with Gasteiger partial charge in [0.1, 0.15) is 0 Å². The molecule has 2 rings (SSSR count). The normalized spacial score (nSPS) is 17.5. The first-order valence-electron chi connectivity index (χ1n) is 6.96. The predicted octanol–water partition coefficient (Wildman–Crippen LogP) is 2.31. The average molecular weight is 312 g/mol. The van der Waals surface area contributed by atoms with Gasteiger partial charge in [-0.1, -0.05) is 6.07 Å². The fourth-order valence-corrected chi connectivity index (χ4v) is 2.41. The minimum atomic E-state index is -0.118. The molecular weight excluding hydrogens is 290 g/mol. The lowest BCUT2D eigenvalue weighted by atomic mass is 9.98. The van der Waals surface area contributed by atoms with Crippen molar-refractivity contribution in [1.29, 1.82) is 0 Å². The zero-order valence-electron chi connectivity index (χ0n) is 12.4. The second kappa shape index (κ2) is 8.00. The summed E-state index contributed by atoms with van der Waals surface area (Å²) in [6.45, 7) is 5.08. The Morgan fingerprint density at radius 2 is 1.90 bits per heavy atom. The van der Waals surface area contributed by atoms with Crippen LogP contribution in [0.15, 0.2) is 18.2 Å². The SMILES string of the molecule is CC(=O)Nc1cccc(NC(=O)C2CCCNC2)c1C.Cl. The molecule has 1 aromatic rings. The number of carbonyl (C=O) groups is 2. The van der Waals surface area contributed by atoms with Gasteiger partial charge in [-0.3, -0.25) is 9.59 Å². The molecule has 1 atom stereocenters. The molecule has 0 aliphatic carbocycles. The summed E-state index contributed by atoms with van der Waals surface area (Å²) in [6.07, 6.45) is 1.95. The van der Waals surface area contributed by atoms with Crippen molar-refractivity contribution in [3.63, 3.8) is 0 Å². The van der Waals surface area contributed by atoms with Crippen LogP contribution < -0.4 is 16.0 Å². The lowest BCUT2D eigenvalue weighted by molar-refractivity contribution is -0.120. The maximum absolute atomic E-state index is 12.2. The highest BCUT2D eigenvalue weighted by molar-refractivity contribution is 5.96. The van der Waals surface area contributed by atoms with Crippen molar-refractivity contribution in [2.24, 2.45) is 5.92 Å². The van der Waals surface area contributed by atoms with Crippen LogP contribution in [0.4, 0.5) is 11.4 Å². The summed E-state index contributed by atoms with van der Waals surface area (Å²) < 4.78 is 0. The van der Waals surface area contributed by atoms with Crippen molar-refractivity contribution in [3.05, 3.63) is 23.8 Å². The number of nitrogens with one attached hydrogen (secondary N) is 3. The number of carbonyl (C=O) groups excluding carboxylic acids is 2. The van der Waals surface area contributed by atoms with E-state index in [1.807, 2.05) is 25.1 Å². The number of hydrogen-bond acceptors (Lipinski definition) is 3. The van der Waals surface area contributed by atoms with Gasteiger partial charge in [-0.2, -0.15) is 0 Å². The van der Waals surface area contributed by atoms with Gasteiger partial charge < -0.3 is 16.0 Å². The zero-order valence-corrected chi connectivity index (χ0v) is 13.2. The van der Waals surface area contributed by atoms with Crippen LogP contribution in [0.3, 0.4) is 0 Å². The van der Waals surface area contributed by atoms with Gasteiger partial charge in [0, 0.05) is 24.8 Å². The van der Waals surface area contributed by atoms with Gasteiger partial charge in [-0.25, -0.2) is 0 Å². The number of amides is 2. The van der Waals surface area contributed by atoms with E-state index in [9.17, 15) is 9.59 Å². The molecule has 0 saturated carbocycles. The molecule has 0 bridgehead atoms. The van der Waals surface area contributed by atoms with E-state index in [0.717, 1.165) is 42.9 Å². The van der Waals surface area contributed by atoms with E-state index in [-0.39, 0.29) is 30.1 Å². The molecule has 116 valence electrons. The highest BCUT2D eigenvalue weighted by Gasteiger charge is 2.21. The Bertz CT molecular complexity index is 514. The van der Waals surface area contributed by atoms with Crippen LogP contribution in [0, 0.1) is 12.8 Å². The van der Waals surface area contributed by atoms with Crippen molar-refractivity contribution >= 4 is 35.6 Å². The predicted molar refractivity (Wildman–Crippen MR) is 87.0 cm³/mol. The van der Waals surface area contributed by atoms with Gasteiger partial charge in [-0.15, -0.1) is 12.4 Å². The number of halogens is 1. The van der Waals surface area contributed by atoms with Gasteiger partial charge >= 0.3 is 0 Å². The molecule has 0 radical (unpaired) electrons. The number of anilines is 2. The molecule has 0 aromatic heterocycles. The van der Waals surface area contributed by atoms with Gasteiger partial charge in [0.05, 0.1) is 5.92 Å². The maximum Gasteiger partial charge on any atom is 0.228 e. The second-order valence-electron chi connectivity index (χ2n) is 5.19. The standard InChI is InChI=1S/C15H21N3O2.ClH/c1-10-13(17-11(2)19)6-3-7-14(10)18-15(20)12-5-4-8-16-9-12;/h3,6-7,12,16H,4-5,8-9H2,1-2H3,(H,17,19)(H,18,20);1H. The molecule has 5 nitrogen and oxygen atoms in total. The molecule has 1 aromatic carbocycles. The van der Waals surface area contributed by atoms with E-state index in [0.29, 0.717) is 0 Å². The second-order valence-corrected chi connectivity index (χ2v) is 5.19. The van der Waals surface area contributed by atoms with Crippen molar-refractivity contribution in [2.75, 3.05) is 23.7 Å². The van der Waals surface area contributed by atoms with Gasteiger partial charge in [0.25, 0.3) is 0 Å². The summed E-state index contributed by atoms with van der Waals surface area (Å²) in [5, 5.41) is 8.96. The molecule has 21 heavy (non-hydrogen) atoms. The van der Waals surface area contributed by atoms with Gasteiger partial charge in [-0.05, 0) is 44.0 Å². The number of piperidine rings is 1. The summed E-state index contributed by atoms with van der Waals surface area (Å²) in [4.78, 5) is 23.4. The fraction of sp³-hybridized carbons (Fsp3) is 0.467. The highest BCUT2D eigenvalue weighted by Crippen LogP contribution is 2.24. The molecule has 1 heterocycles. The van der Waals surface area contributed by atoms with E-state index in [1.54, 1.807) is 0 Å². The number of hydrogen-bond donors (Lipinski definition) is 3. The largest absolute Gasteiger partial charge is 0.326 e. The molecule has 0 spiro atoms. The van der Waals surface area contributed by atoms with Crippen molar-refractivity contribution < 1.29 is 9.59 Å². The quantitative estimate of drug-likeness (QED) is 0.802. The van der Waals surface area contributed by atoms with E-state index in [4.69, 9.17) is 0 Å². The lowest BCUT2D eigenvalue weighted by Gasteiger charge is -2.22. The molecule has 1 saturated heterocycles. The highest BCUT2D eigenvalue weighted by atomic mass is 35.5. The van der Waals surface area contributed by atoms with Crippen LogP contribution in [-0.2, 0) is 9.59 Å². The molecule has 2 amide bonds. The van der Waals surface area contributed by atoms with Crippen LogP contribution in [0.25, 0.3) is 0 Å². The maximum atomic E-state index is 12.2. The first-order valence-corrected chi connectivity index (χ1v) is 6.96. The van der Waals surface area contributed by atoms with Crippen LogP contribution in [0.2, 0.25) is 0 Å². The molecular formula is C15H22ClN3O2. The van der Waals surface area contributed by atoms with E-state index in [2.05, 4.69) is 16.0 Å². The van der Waals surface area contributed by atoms with Crippen LogP contribution in [-0.4, -0.2) is 24.9 Å².